The van der Waals surface area contributed by atoms with Gasteiger partial charge < -0.3 is 19.1 Å². The van der Waals surface area contributed by atoms with Crippen LogP contribution in [0, 0.1) is 6.92 Å². The molecule has 2 heterocycles. The van der Waals surface area contributed by atoms with Gasteiger partial charge in [-0.1, -0.05) is 23.8 Å². The Kier molecular flexibility index (Phi) is 7.49. The summed E-state index contributed by atoms with van der Waals surface area (Å²) in [5, 5.41) is 8.49. The fourth-order valence-electron chi connectivity index (χ4n) is 5.15. The second-order valence-electron chi connectivity index (χ2n) is 9.78. The first-order valence-corrected chi connectivity index (χ1v) is 12.9. The lowest BCUT2D eigenvalue weighted by atomic mass is 9.91. The average molecular weight is 539 g/mol. The number of hydrogen-bond acceptors (Lipinski definition) is 8. The lowest BCUT2D eigenvalue weighted by Crippen LogP contribution is -2.34. The maximum absolute atomic E-state index is 14.9. The van der Waals surface area contributed by atoms with E-state index in [9.17, 15) is 8.78 Å². The molecule has 1 saturated carbocycles. The van der Waals surface area contributed by atoms with Crippen molar-refractivity contribution in [3.8, 4) is 17.2 Å². The molecule has 11 heteroatoms. The first-order valence-electron chi connectivity index (χ1n) is 12.9. The zero-order valence-corrected chi connectivity index (χ0v) is 22.5. The Morgan fingerprint density at radius 3 is 2.36 bits per heavy atom. The van der Waals surface area contributed by atoms with Crippen LogP contribution >= 0.6 is 0 Å². The number of halogens is 2. The number of ether oxygens (including phenoxy) is 3. The van der Waals surface area contributed by atoms with Crippen LogP contribution in [0.2, 0.25) is 0 Å². The molecule has 0 bridgehead atoms. The molecule has 1 aliphatic rings. The minimum Gasteiger partial charge on any atom is -0.497 e. The lowest BCUT2D eigenvalue weighted by molar-refractivity contribution is -0.0811. The third-order valence-corrected chi connectivity index (χ3v) is 7.22. The molecule has 1 aliphatic carbocycles. The van der Waals surface area contributed by atoms with Crippen molar-refractivity contribution in [3.63, 3.8) is 0 Å². The van der Waals surface area contributed by atoms with Crippen molar-refractivity contribution < 1.29 is 23.0 Å². The summed E-state index contributed by atoms with van der Waals surface area (Å²) in [5.41, 5.74) is 3.52. The highest BCUT2D eigenvalue weighted by Gasteiger charge is 2.44. The molecule has 0 saturated heterocycles. The number of methoxy groups -OCH3 is 3. The van der Waals surface area contributed by atoms with E-state index in [0.29, 0.717) is 55.2 Å². The van der Waals surface area contributed by atoms with E-state index in [1.54, 1.807) is 21.3 Å². The van der Waals surface area contributed by atoms with Crippen molar-refractivity contribution in [1.29, 1.82) is 0 Å². The summed E-state index contributed by atoms with van der Waals surface area (Å²) in [5.74, 6) is -0.354. The maximum atomic E-state index is 14.9. The van der Waals surface area contributed by atoms with Crippen LogP contribution < -0.4 is 19.1 Å². The average Bonchev–Trinajstić information content (AvgIpc) is 3.37. The van der Waals surface area contributed by atoms with Crippen LogP contribution in [0.5, 0.6) is 17.2 Å². The number of hydrogen-bond donors (Lipinski definition) is 0. The van der Waals surface area contributed by atoms with Gasteiger partial charge in [0.25, 0.3) is 5.92 Å². The van der Waals surface area contributed by atoms with Gasteiger partial charge in [0, 0.05) is 36.7 Å². The van der Waals surface area contributed by atoms with Crippen molar-refractivity contribution >= 4 is 17.0 Å². The van der Waals surface area contributed by atoms with Crippen molar-refractivity contribution in [2.24, 2.45) is 0 Å². The van der Waals surface area contributed by atoms with E-state index in [0.717, 1.165) is 22.4 Å². The number of benzene rings is 2. The Hall–Kier alpha value is -4.02. The minimum absolute atomic E-state index is 0.173. The normalized spacial score (nSPS) is 16.7. The fourth-order valence-corrected chi connectivity index (χ4v) is 5.15. The van der Waals surface area contributed by atoms with Gasteiger partial charge in [0.05, 0.1) is 21.3 Å². The van der Waals surface area contributed by atoms with Crippen LogP contribution in [-0.4, -0.2) is 52.2 Å². The van der Waals surface area contributed by atoms with Crippen LogP contribution in [0.1, 0.15) is 48.4 Å². The molecule has 1 fully saturated rings. The van der Waals surface area contributed by atoms with Gasteiger partial charge in [-0.15, -0.1) is 5.10 Å². The van der Waals surface area contributed by atoms with Crippen molar-refractivity contribution in [2.45, 2.75) is 57.7 Å². The van der Waals surface area contributed by atoms with Gasteiger partial charge in [0.15, 0.2) is 17.0 Å². The summed E-state index contributed by atoms with van der Waals surface area (Å²) in [6, 6.07) is 10.5. The van der Waals surface area contributed by atoms with Gasteiger partial charge >= 0.3 is 0 Å². The molecule has 0 radical (unpaired) electrons. The number of aryl methyl sites for hydroxylation is 1. The topological polar surface area (TPSA) is 87.4 Å². The molecule has 5 rings (SSSR count). The predicted octanol–water partition coefficient (Wildman–Crippen LogP) is 5.51. The molecular weight excluding hydrogens is 506 g/mol. The quantitative estimate of drug-likeness (QED) is 0.276. The largest absolute Gasteiger partial charge is 0.497 e. The molecule has 206 valence electrons. The first-order chi connectivity index (χ1) is 18.8. The second kappa shape index (κ2) is 11.0. The van der Waals surface area contributed by atoms with E-state index in [4.69, 9.17) is 14.2 Å². The monoisotopic (exact) mass is 538 g/mol. The van der Waals surface area contributed by atoms with Gasteiger partial charge in [0.2, 0.25) is 0 Å². The van der Waals surface area contributed by atoms with Crippen LogP contribution in [0.15, 0.2) is 42.7 Å². The highest BCUT2D eigenvalue weighted by molar-refractivity contribution is 5.82. The van der Waals surface area contributed by atoms with E-state index >= 15 is 0 Å². The molecule has 39 heavy (non-hydrogen) atoms. The number of aromatic nitrogens is 5. The zero-order valence-electron chi connectivity index (χ0n) is 22.5. The zero-order chi connectivity index (χ0) is 27.6. The summed E-state index contributed by atoms with van der Waals surface area (Å²) in [7, 11) is 4.83. The molecule has 0 N–H and O–H groups in total. The van der Waals surface area contributed by atoms with Gasteiger partial charge in [-0.2, -0.15) is 0 Å². The molecule has 1 atom stereocenters. The van der Waals surface area contributed by atoms with Gasteiger partial charge in [-0.25, -0.2) is 23.4 Å². The molecule has 1 unspecified atom stereocenters. The van der Waals surface area contributed by atoms with Crippen molar-refractivity contribution in [1.82, 2.24) is 25.0 Å². The third kappa shape index (κ3) is 5.30. The van der Waals surface area contributed by atoms with Crippen molar-refractivity contribution in [2.75, 3.05) is 26.2 Å². The number of anilines is 1. The Morgan fingerprint density at radius 1 is 0.949 bits per heavy atom. The standard InChI is InChI=1S/C28H32F2N6O3/c1-18-8-9-19(22(13-18)38-3)15-35(16-20-10-11-21(37-2)14-23(20)39-4)26-25-27(32-17-31-26)36(34-33-25)24-7-5-6-12-28(24,29)30/h8-11,13-14,17,24H,5-7,12,15-16H2,1-4H3. The van der Waals surface area contributed by atoms with E-state index in [1.165, 1.54) is 11.0 Å². The molecule has 2 aromatic heterocycles. The van der Waals surface area contributed by atoms with Crippen molar-refractivity contribution in [3.05, 3.63) is 59.4 Å². The Balaban J connectivity index is 1.60. The summed E-state index contributed by atoms with van der Waals surface area (Å²) in [6.45, 7) is 2.78. The van der Waals surface area contributed by atoms with E-state index in [-0.39, 0.29) is 12.1 Å². The maximum Gasteiger partial charge on any atom is 0.270 e. The number of alkyl halides is 2. The van der Waals surface area contributed by atoms with Crippen LogP contribution in [0.3, 0.4) is 0 Å². The molecule has 0 aliphatic heterocycles. The predicted molar refractivity (Wildman–Crippen MR) is 143 cm³/mol. The van der Waals surface area contributed by atoms with E-state index in [2.05, 4.69) is 20.3 Å². The lowest BCUT2D eigenvalue weighted by Gasteiger charge is -2.31. The number of nitrogens with zero attached hydrogens (tertiary/aromatic N) is 6. The first kappa shape index (κ1) is 26.6. The smallest absolute Gasteiger partial charge is 0.270 e. The van der Waals surface area contributed by atoms with E-state index in [1.807, 2.05) is 48.2 Å². The third-order valence-electron chi connectivity index (χ3n) is 7.22. The molecule has 0 amide bonds. The molecular formula is C28H32F2N6O3. The van der Waals surface area contributed by atoms with Gasteiger partial charge in [0.1, 0.15) is 29.6 Å². The number of rotatable bonds is 9. The molecule has 9 nitrogen and oxygen atoms in total. The summed E-state index contributed by atoms with van der Waals surface area (Å²) >= 11 is 0. The highest BCUT2D eigenvalue weighted by Crippen LogP contribution is 2.42. The Labute approximate surface area is 225 Å². The van der Waals surface area contributed by atoms with Crippen LogP contribution in [0.25, 0.3) is 11.2 Å². The van der Waals surface area contributed by atoms with E-state index < -0.39 is 12.0 Å². The fraction of sp³-hybridized carbons (Fsp3) is 0.429. The Bertz CT molecular complexity index is 1460. The summed E-state index contributed by atoms with van der Waals surface area (Å²) < 4.78 is 47.7. The van der Waals surface area contributed by atoms with Crippen LogP contribution in [0.4, 0.5) is 14.6 Å². The Morgan fingerprint density at radius 2 is 1.67 bits per heavy atom. The second-order valence-corrected chi connectivity index (χ2v) is 9.78. The molecule has 2 aromatic carbocycles. The summed E-state index contributed by atoms with van der Waals surface area (Å²) in [4.78, 5) is 10.9. The highest BCUT2D eigenvalue weighted by atomic mass is 19.3. The summed E-state index contributed by atoms with van der Waals surface area (Å²) in [6.07, 6.45) is 2.72. The molecule has 4 aromatic rings. The van der Waals surface area contributed by atoms with Gasteiger partial charge in [-0.05, 0) is 43.5 Å². The molecule has 0 spiro atoms. The van der Waals surface area contributed by atoms with Crippen LogP contribution in [-0.2, 0) is 13.1 Å². The van der Waals surface area contributed by atoms with Gasteiger partial charge in [-0.3, -0.25) is 0 Å². The SMILES string of the molecule is COc1ccc(CN(Cc2ccc(C)cc2OC)c2ncnc3c2nnn3C2CCCCC2(F)F)c(OC)c1. The minimum atomic E-state index is -2.88. The number of fused-ring (bicyclic) bond motifs is 1.